The van der Waals surface area contributed by atoms with Gasteiger partial charge in [0.05, 0.1) is 4.90 Å². The molecule has 0 bridgehead atoms. The van der Waals surface area contributed by atoms with Crippen LogP contribution in [0.1, 0.15) is 0 Å². The minimum atomic E-state index is -4.73. The third-order valence-electron chi connectivity index (χ3n) is 2.16. The first-order chi connectivity index (χ1) is 7.39. The Morgan fingerprint density at radius 1 is 0.938 bits per heavy atom. The molecule has 2 aromatic carbocycles. The van der Waals surface area contributed by atoms with Gasteiger partial charge in [-0.05, 0) is 24.3 Å². The lowest BCUT2D eigenvalue weighted by atomic mass is 10.1. The lowest BCUT2D eigenvalue weighted by Crippen LogP contribution is -1.91. The summed E-state index contributed by atoms with van der Waals surface area (Å²) in [5, 5.41) is 1.75. The molecule has 84 valence electrons. The largest absolute Gasteiger partial charge is 0.332 e. The Bertz CT molecular complexity index is 668. The van der Waals surface area contributed by atoms with Crippen LogP contribution < -0.4 is 0 Å². The average Bonchev–Trinajstić information content (AvgIpc) is 2.22. The molecule has 2 aromatic rings. The van der Waals surface area contributed by atoms with Gasteiger partial charge in [0, 0.05) is 20.8 Å². The summed E-state index contributed by atoms with van der Waals surface area (Å²) in [4.78, 5) is -0.427. The van der Waals surface area contributed by atoms with Crippen LogP contribution in [0.25, 0.3) is 10.8 Å². The van der Waals surface area contributed by atoms with E-state index in [1.165, 1.54) is 18.2 Å². The Morgan fingerprint density at radius 2 is 1.50 bits per heavy atom. The number of hydrogen-bond donors (Lipinski definition) is 0. The van der Waals surface area contributed by atoms with Crippen molar-refractivity contribution in [3.05, 3.63) is 40.4 Å². The van der Waals surface area contributed by atoms with Crippen molar-refractivity contribution in [3.8, 4) is 0 Å². The zero-order chi connectivity index (χ0) is 11.9. The van der Waals surface area contributed by atoms with Crippen molar-refractivity contribution in [2.45, 2.75) is 4.90 Å². The topological polar surface area (TPSA) is 34.1 Å². The molecule has 0 aliphatic rings. The van der Waals surface area contributed by atoms with Gasteiger partial charge in [0.1, 0.15) is 0 Å². The molecule has 0 saturated heterocycles. The molecule has 0 fully saturated rings. The van der Waals surface area contributed by atoms with Crippen LogP contribution in [0.5, 0.6) is 0 Å². The van der Waals surface area contributed by atoms with Crippen molar-refractivity contribution in [1.29, 1.82) is 0 Å². The average molecular weight is 279 g/mol. The van der Waals surface area contributed by atoms with Gasteiger partial charge in [0.15, 0.2) is 0 Å². The van der Waals surface area contributed by atoms with E-state index in [0.29, 0.717) is 20.8 Å². The van der Waals surface area contributed by atoms with Crippen molar-refractivity contribution in [3.63, 3.8) is 0 Å². The van der Waals surface area contributed by atoms with E-state index in [1.54, 1.807) is 6.07 Å². The number of hydrogen-bond acceptors (Lipinski definition) is 2. The van der Waals surface area contributed by atoms with E-state index in [4.69, 9.17) is 23.2 Å². The highest BCUT2D eigenvalue weighted by Gasteiger charge is 2.13. The molecule has 2 rings (SSSR count). The molecular weight excluding hydrogens is 274 g/mol. The van der Waals surface area contributed by atoms with E-state index in [2.05, 4.69) is 0 Å². The maximum atomic E-state index is 12.8. The zero-order valence-electron chi connectivity index (χ0n) is 7.75. The van der Waals surface area contributed by atoms with Gasteiger partial charge >= 0.3 is 10.2 Å². The van der Waals surface area contributed by atoms with Crippen LogP contribution >= 0.6 is 23.2 Å². The zero-order valence-corrected chi connectivity index (χ0v) is 10.1. The summed E-state index contributed by atoms with van der Waals surface area (Å²) in [6.07, 6.45) is 0. The highest BCUT2D eigenvalue weighted by atomic mass is 35.5. The highest BCUT2D eigenvalue weighted by Crippen LogP contribution is 2.31. The molecule has 0 amide bonds. The Labute approximate surface area is 102 Å². The molecule has 0 aliphatic heterocycles. The summed E-state index contributed by atoms with van der Waals surface area (Å²) >= 11 is 11.8. The summed E-state index contributed by atoms with van der Waals surface area (Å²) in [6, 6.07) is 6.87. The van der Waals surface area contributed by atoms with E-state index in [9.17, 15) is 12.3 Å². The second-order valence-corrected chi connectivity index (χ2v) is 5.34. The molecule has 0 spiro atoms. The number of halogens is 3. The van der Waals surface area contributed by atoms with Gasteiger partial charge in [-0.1, -0.05) is 29.3 Å². The molecular formula is C10H5Cl2FO2S. The Hall–Kier alpha value is -0.840. The summed E-state index contributed by atoms with van der Waals surface area (Å²) in [5.74, 6) is 0. The van der Waals surface area contributed by atoms with Crippen molar-refractivity contribution < 1.29 is 12.3 Å². The van der Waals surface area contributed by atoms with Crippen LogP contribution in [-0.2, 0) is 10.2 Å². The number of benzene rings is 2. The first kappa shape index (κ1) is 11.6. The molecule has 0 radical (unpaired) electrons. The summed E-state index contributed by atoms with van der Waals surface area (Å²) < 4.78 is 34.2. The quantitative estimate of drug-likeness (QED) is 0.744. The third kappa shape index (κ3) is 2.00. The Kier molecular flexibility index (Phi) is 2.82. The standard InChI is InChI=1S/C10H5Cl2FO2S/c11-9-3-4-10(12)8-5-6(16(13,14)15)1-2-7(8)9/h1-5H. The Balaban J connectivity index is 2.86. The fourth-order valence-electron chi connectivity index (χ4n) is 1.41. The van der Waals surface area contributed by atoms with E-state index in [-0.39, 0.29) is 0 Å². The van der Waals surface area contributed by atoms with Crippen LogP contribution in [-0.4, -0.2) is 8.42 Å². The van der Waals surface area contributed by atoms with Crippen LogP contribution in [0.4, 0.5) is 3.89 Å². The summed E-state index contributed by atoms with van der Waals surface area (Å²) in [7, 11) is -4.73. The van der Waals surface area contributed by atoms with Gasteiger partial charge < -0.3 is 0 Å². The maximum Gasteiger partial charge on any atom is 0.332 e. The predicted molar refractivity (Wildman–Crippen MR) is 62.3 cm³/mol. The fraction of sp³-hybridized carbons (Fsp3) is 0. The van der Waals surface area contributed by atoms with Gasteiger partial charge in [0.25, 0.3) is 0 Å². The van der Waals surface area contributed by atoms with Crippen LogP contribution in [0.3, 0.4) is 0 Å². The van der Waals surface area contributed by atoms with Gasteiger partial charge in [0.2, 0.25) is 0 Å². The van der Waals surface area contributed by atoms with Gasteiger partial charge in [-0.3, -0.25) is 0 Å². The van der Waals surface area contributed by atoms with Crippen molar-refractivity contribution in [2.75, 3.05) is 0 Å². The summed E-state index contributed by atoms with van der Waals surface area (Å²) in [5.41, 5.74) is 0. The van der Waals surface area contributed by atoms with Gasteiger partial charge in [-0.25, -0.2) is 0 Å². The Morgan fingerprint density at radius 3 is 2.06 bits per heavy atom. The minimum absolute atomic E-state index is 0.324. The van der Waals surface area contributed by atoms with E-state index in [1.807, 2.05) is 0 Å². The molecule has 0 atom stereocenters. The first-order valence-electron chi connectivity index (χ1n) is 4.22. The molecule has 0 N–H and O–H groups in total. The summed E-state index contributed by atoms with van der Waals surface area (Å²) in [6.45, 7) is 0. The predicted octanol–water partition coefficient (Wildman–Crippen LogP) is 3.80. The number of fused-ring (bicyclic) bond motifs is 1. The normalized spacial score (nSPS) is 11.9. The SMILES string of the molecule is O=S(=O)(F)c1ccc2c(Cl)ccc(Cl)c2c1. The van der Waals surface area contributed by atoms with Gasteiger partial charge in [-0.15, -0.1) is 3.89 Å². The molecule has 0 unspecified atom stereocenters. The van der Waals surface area contributed by atoms with E-state index < -0.39 is 15.1 Å². The molecule has 2 nitrogen and oxygen atoms in total. The minimum Gasteiger partial charge on any atom is -0.189 e. The van der Waals surface area contributed by atoms with Crippen molar-refractivity contribution in [1.82, 2.24) is 0 Å². The molecule has 0 saturated carbocycles. The lowest BCUT2D eigenvalue weighted by molar-refractivity contribution is 0.552. The first-order valence-corrected chi connectivity index (χ1v) is 6.36. The molecule has 16 heavy (non-hydrogen) atoms. The molecule has 0 aromatic heterocycles. The van der Waals surface area contributed by atoms with Crippen LogP contribution in [0, 0.1) is 0 Å². The van der Waals surface area contributed by atoms with E-state index in [0.717, 1.165) is 6.07 Å². The van der Waals surface area contributed by atoms with E-state index >= 15 is 0 Å². The lowest BCUT2D eigenvalue weighted by Gasteiger charge is -2.04. The smallest absolute Gasteiger partial charge is 0.189 e. The second-order valence-electron chi connectivity index (χ2n) is 3.17. The van der Waals surface area contributed by atoms with Crippen LogP contribution in [0.15, 0.2) is 35.2 Å². The maximum absolute atomic E-state index is 12.8. The van der Waals surface area contributed by atoms with Crippen molar-refractivity contribution in [2.24, 2.45) is 0 Å². The monoisotopic (exact) mass is 278 g/mol. The van der Waals surface area contributed by atoms with Crippen LogP contribution in [0.2, 0.25) is 10.0 Å². The molecule has 0 heterocycles. The number of rotatable bonds is 1. The second kappa shape index (κ2) is 3.87. The highest BCUT2D eigenvalue weighted by molar-refractivity contribution is 7.86. The third-order valence-corrected chi connectivity index (χ3v) is 3.64. The van der Waals surface area contributed by atoms with Crippen molar-refractivity contribution >= 4 is 44.2 Å². The fourth-order valence-corrected chi connectivity index (χ4v) is 2.34. The molecule has 0 aliphatic carbocycles. The van der Waals surface area contributed by atoms with Gasteiger partial charge in [-0.2, -0.15) is 8.42 Å². The molecule has 6 heteroatoms.